The summed E-state index contributed by atoms with van der Waals surface area (Å²) in [6.07, 6.45) is 6.20. The fourth-order valence-electron chi connectivity index (χ4n) is 4.06. The first-order chi connectivity index (χ1) is 12.2. The summed E-state index contributed by atoms with van der Waals surface area (Å²) in [5.41, 5.74) is 6.11. The molecule has 2 fully saturated rings. The molecule has 154 valence electrons. The number of halogens is 1. The van der Waals surface area contributed by atoms with Gasteiger partial charge in [-0.3, -0.25) is 14.8 Å². The van der Waals surface area contributed by atoms with E-state index >= 15 is 0 Å². The molecule has 0 radical (unpaired) electrons. The van der Waals surface area contributed by atoms with E-state index < -0.39 is 0 Å². The molecule has 0 saturated carbocycles. The highest BCUT2D eigenvalue weighted by Crippen LogP contribution is 2.23. The minimum atomic E-state index is 0. The second-order valence-corrected chi connectivity index (χ2v) is 7.35. The van der Waals surface area contributed by atoms with Crippen LogP contribution in [-0.2, 0) is 4.74 Å². The molecule has 0 spiro atoms. The third-order valence-corrected chi connectivity index (χ3v) is 5.71. The van der Waals surface area contributed by atoms with Gasteiger partial charge >= 0.3 is 0 Å². The van der Waals surface area contributed by atoms with E-state index in [1.54, 1.807) is 0 Å². The predicted molar refractivity (Wildman–Crippen MR) is 120 cm³/mol. The molecule has 2 heterocycles. The van der Waals surface area contributed by atoms with Crippen molar-refractivity contribution >= 4 is 29.9 Å². The second kappa shape index (κ2) is 14.0. The molecule has 0 aromatic heterocycles. The van der Waals surface area contributed by atoms with E-state index in [0.717, 1.165) is 58.3 Å². The molecule has 2 aliphatic heterocycles. The van der Waals surface area contributed by atoms with Crippen LogP contribution in [0.5, 0.6) is 0 Å². The fourth-order valence-corrected chi connectivity index (χ4v) is 4.06. The Labute approximate surface area is 177 Å². The second-order valence-electron chi connectivity index (χ2n) is 7.35. The van der Waals surface area contributed by atoms with Crippen LogP contribution in [0.1, 0.15) is 46.0 Å². The maximum atomic E-state index is 6.11. The molecule has 7 heteroatoms. The molecule has 2 aliphatic rings. The van der Waals surface area contributed by atoms with Crippen LogP contribution in [0.4, 0.5) is 0 Å². The van der Waals surface area contributed by atoms with Crippen molar-refractivity contribution in [3.63, 3.8) is 0 Å². The standard InChI is InChI=1S/C19H39N5O.HI/c1-3-17(4-2)18(24-10-5-6-11-24)16-22-19(20)21-8-7-9-23-12-14-25-15-13-23;/h17-18H,3-16H2,1-2H3,(H3,20,21,22);1H. The Bertz CT molecular complexity index is 378. The van der Waals surface area contributed by atoms with Crippen LogP contribution in [0.25, 0.3) is 0 Å². The summed E-state index contributed by atoms with van der Waals surface area (Å²) >= 11 is 0. The highest BCUT2D eigenvalue weighted by atomic mass is 127. The van der Waals surface area contributed by atoms with E-state index in [1.165, 1.54) is 38.8 Å². The van der Waals surface area contributed by atoms with Gasteiger partial charge in [-0.25, -0.2) is 0 Å². The molecular weight excluding hydrogens is 441 g/mol. The molecule has 26 heavy (non-hydrogen) atoms. The van der Waals surface area contributed by atoms with E-state index in [1.807, 2.05) is 0 Å². The van der Waals surface area contributed by atoms with Crippen molar-refractivity contribution in [3.05, 3.63) is 0 Å². The molecule has 6 nitrogen and oxygen atoms in total. The maximum absolute atomic E-state index is 6.11. The van der Waals surface area contributed by atoms with Gasteiger partial charge in [-0.1, -0.05) is 26.7 Å². The van der Waals surface area contributed by atoms with Crippen LogP contribution in [0, 0.1) is 5.92 Å². The Hall–Kier alpha value is -0.120. The monoisotopic (exact) mass is 481 g/mol. The quantitative estimate of drug-likeness (QED) is 0.217. The average Bonchev–Trinajstić information content (AvgIpc) is 3.17. The topological polar surface area (TPSA) is 66.1 Å². The molecule has 0 aliphatic carbocycles. The summed E-state index contributed by atoms with van der Waals surface area (Å²) < 4.78 is 5.38. The van der Waals surface area contributed by atoms with Crippen LogP contribution in [0.15, 0.2) is 4.99 Å². The Balaban J connectivity index is 0.00000338. The largest absolute Gasteiger partial charge is 0.379 e. The summed E-state index contributed by atoms with van der Waals surface area (Å²) in [4.78, 5) is 9.76. The van der Waals surface area contributed by atoms with Crippen LogP contribution in [0.3, 0.4) is 0 Å². The molecule has 3 N–H and O–H groups in total. The lowest BCUT2D eigenvalue weighted by Crippen LogP contribution is -2.42. The molecule has 0 bridgehead atoms. The van der Waals surface area contributed by atoms with Crippen LogP contribution < -0.4 is 11.1 Å². The van der Waals surface area contributed by atoms with Gasteiger partial charge in [-0.2, -0.15) is 0 Å². The smallest absolute Gasteiger partial charge is 0.188 e. The van der Waals surface area contributed by atoms with Gasteiger partial charge in [-0.05, 0) is 44.8 Å². The third-order valence-electron chi connectivity index (χ3n) is 5.71. The van der Waals surface area contributed by atoms with Gasteiger partial charge in [0.05, 0.1) is 19.8 Å². The Morgan fingerprint density at radius 3 is 2.38 bits per heavy atom. The molecule has 0 amide bonds. The highest BCUT2D eigenvalue weighted by molar-refractivity contribution is 14.0. The Morgan fingerprint density at radius 1 is 1.12 bits per heavy atom. The number of nitrogens with zero attached hydrogens (tertiary/aromatic N) is 3. The lowest BCUT2D eigenvalue weighted by atomic mass is 9.93. The number of guanidine groups is 1. The van der Waals surface area contributed by atoms with Gasteiger partial charge in [0.25, 0.3) is 0 Å². The van der Waals surface area contributed by atoms with E-state index in [2.05, 4.69) is 34.0 Å². The highest BCUT2D eigenvalue weighted by Gasteiger charge is 2.27. The van der Waals surface area contributed by atoms with Crippen LogP contribution >= 0.6 is 24.0 Å². The van der Waals surface area contributed by atoms with Gasteiger partial charge in [0, 0.05) is 25.7 Å². The molecule has 1 atom stereocenters. The Kier molecular flexibility index (Phi) is 12.8. The van der Waals surface area contributed by atoms with Crippen molar-refractivity contribution in [1.82, 2.24) is 15.1 Å². The van der Waals surface area contributed by atoms with Crippen LogP contribution in [-0.4, -0.2) is 80.8 Å². The first-order valence-electron chi connectivity index (χ1n) is 10.3. The summed E-state index contributed by atoms with van der Waals surface area (Å²) in [6, 6.07) is 0.547. The minimum absolute atomic E-state index is 0. The van der Waals surface area contributed by atoms with Crippen molar-refractivity contribution in [2.45, 2.75) is 52.0 Å². The normalized spacial score (nSPS) is 21.0. The number of aliphatic imine (C=N–C) groups is 1. The SMILES string of the molecule is CCC(CC)C(CN=C(N)NCCCN1CCOCC1)N1CCCC1.I. The van der Waals surface area contributed by atoms with Crippen molar-refractivity contribution in [3.8, 4) is 0 Å². The van der Waals surface area contributed by atoms with Crippen molar-refractivity contribution in [2.75, 3.05) is 59.0 Å². The molecule has 2 saturated heterocycles. The van der Waals surface area contributed by atoms with Crippen molar-refractivity contribution in [2.24, 2.45) is 16.6 Å². The van der Waals surface area contributed by atoms with Gasteiger partial charge in [0.1, 0.15) is 0 Å². The zero-order chi connectivity index (χ0) is 17.9. The van der Waals surface area contributed by atoms with Crippen molar-refractivity contribution < 1.29 is 4.74 Å². The predicted octanol–water partition coefficient (Wildman–Crippen LogP) is 2.13. The van der Waals surface area contributed by atoms with Gasteiger partial charge in [0.2, 0.25) is 0 Å². The van der Waals surface area contributed by atoms with E-state index in [9.17, 15) is 0 Å². The molecule has 2 rings (SSSR count). The van der Waals surface area contributed by atoms with E-state index in [4.69, 9.17) is 10.5 Å². The summed E-state index contributed by atoms with van der Waals surface area (Å²) in [5, 5.41) is 3.29. The maximum Gasteiger partial charge on any atom is 0.188 e. The first-order valence-corrected chi connectivity index (χ1v) is 10.3. The van der Waals surface area contributed by atoms with Crippen molar-refractivity contribution in [1.29, 1.82) is 0 Å². The first kappa shape index (κ1) is 23.9. The zero-order valence-corrected chi connectivity index (χ0v) is 19.1. The number of hydrogen-bond donors (Lipinski definition) is 2. The van der Waals surface area contributed by atoms with Gasteiger partial charge < -0.3 is 15.8 Å². The number of morpholine rings is 1. The summed E-state index contributed by atoms with van der Waals surface area (Å²) in [6.45, 7) is 13.7. The third kappa shape index (κ3) is 8.27. The van der Waals surface area contributed by atoms with E-state index in [-0.39, 0.29) is 24.0 Å². The average molecular weight is 481 g/mol. The lowest BCUT2D eigenvalue weighted by molar-refractivity contribution is 0.0376. The number of ether oxygens (including phenoxy) is 1. The zero-order valence-electron chi connectivity index (χ0n) is 16.8. The molecule has 0 aromatic carbocycles. The van der Waals surface area contributed by atoms with E-state index in [0.29, 0.717) is 12.0 Å². The molecular formula is C19H40IN5O. The number of hydrogen-bond acceptors (Lipinski definition) is 4. The Morgan fingerprint density at radius 2 is 1.77 bits per heavy atom. The summed E-state index contributed by atoms with van der Waals surface area (Å²) in [7, 11) is 0. The van der Waals surface area contributed by atoms with Gasteiger partial charge in [0.15, 0.2) is 5.96 Å². The number of nitrogens with one attached hydrogen (secondary N) is 1. The molecule has 0 aromatic rings. The minimum Gasteiger partial charge on any atom is -0.379 e. The summed E-state index contributed by atoms with van der Waals surface area (Å²) in [5.74, 6) is 1.33. The van der Waals surface area contributed by atoms with Crippen LogP contribution in [0.2, 0.25) is 0 Å². The number of rotatable bonds is 10. The fraction of sp³-hybridized carbons (Fsp3) is 0.947. The molecule has 1 unspecified atom stereocenters. The number of likely N-dealkylation sites (tertiary alicyclic amines) is 1. The van der Waals surface area contributed by atoms with Gasteiger partial charge in [-0.15, -0.1) is 24.0 Å². The lowest BCUT2D eigenvalue weighted by Gasteiger charge is -2.32. The number of nitrogens with two attached hydrogens (primary N) is 1.